The summed E-state index contributed by atoms with van der Waals surface area (Å²) >= 11 is 0. The first-order valence-corrected chi connectivity index (χ1v) is 9.81. The fourth-order valence-electron chi connectivity index (χ4n) is 3.47. The van der Waals surface area contributed by atoms with Gasteiger partial charge in [-0.3, -0.25) is 14.4 Å². The van der Waals surface area contributed by atoms with E-state index in [1.165, 1.54) is 16.9 Å². The van der Waals surface area contributed by atoms with Crippen LogP contribution in [0.3, 0.4) is 0 Å². The van der Waals surface area contributed by atoms with Crippen LogP contribution in [0, 0.1) is 0 Å². The standard InChI is InChI=1S/C22H26N4O4/c1-30-18-9-5-8-17(15-18)22(29)26-13-12-25(21(26)20(28)24-11-10-23)19(27)14-16-6-3-2-4-7-16/h2-9,15,21H,10-14,23H2,1H3,(H,24,28). The Balaban J connectivity index is 1.84. The van der Waals surface area contributed by atoms with Crippen molar-refractivity contribution in [3.8, 4) is 5.75 Å². The van der Waals surface area contributed by atoms with Crippen LogP contribution in [0.25, 0.3) is 0 Å². The van der Waals surface area contributed by atoms with Crippen LogP contribution in [0.1, 0.15) is 15.9 Å². The number of hydrogen-bond acceptors (Lipinski definition) is 5. The summed E-state index contributed by atoms with van der Waals surface area (Å²) in [4.78, 5) is 41.9. The second-order valence-electron chi connectivity index (χ2n) is 6.93. The van der Waals surface area contributed by atoms with Crippen molar-refractivity contribution in [3.05, 3.63) is 65.7 Å². The van der Waals surface area contributed by atoms with Crippen molar-refractivity contribution in [2.24, 2.45) is 5.73 Å². The molecule has 1 aliphatic heterocycles. The average molecular weight is 410 g/mol. The van der Waals surface area contributed by atoms with Gasteiger partial charge < -0.3 is 25.6 Å². The van der Waals surface area contributed by atoms with Crippen LogP contribution < -0.4 is 15.8 Å². The van der Waals surface area contributed by atoms with Gasteiger partial charge in [0.1, 0.15) is 5.75 Å². The first kappa shape index (κ1) is 21.3. The molecule has 2 aromatic carbocycles. The van der Waals surface area contributed by atoms with Crippen molar-refractivity contribution in [2.45, 2.75) is 12.6 Å². The molecule has 0 aliphatic carbocycles. The largest absolute Gasteiger partial charge is 0.497 e. The molecule has 2 aromatic rings. The minimum absolute atomic E-state index is 0.155. The Morgan fingerprint density at radius 2 is 1.80 bits per heavy atom. The summed E-state index contributed by atoms with van der Waals surface area (Å²) < 4.78 is 5.19. The maximum atomic E-state index is 13.2. The maximum absolute atomic E-state index is 13.2. The molecular formula is C22H26N4O4. The van der Waals surface area contributed by atoms with Crippen LogP contribution in [0.2, 0.25) is 0 Å². The SMILES string of the molecule is COc1cccc(C(=O)N2CCN(C(=O)Cc3ccccc3)C2C(=O)NCCN)c1. The summed E-state index contributed by atoms with van der Waals surface area (Å²) in [7, 11) is 1.52. The van der Waals surface area contributed by atoms with Crippen LogP contribution in [0.4, 0.5) is 0 Å². The Morgan fingerprint density at radius 3 is 2.50 bits per heavy atom. The number of ether oxygens (including phenoxy) is 1. The molecule has 8 nitrogen and oxygen atoms in total. The van der Waals surface area contributed by atoms with Crippen LogP contribution in [-0.2, 0) is 16.0 Å². The number of nitrogens with two attached hydrogens (primary N) is 1. The number of hydrogen-bond donors (Lipinski definition) is 2. The van der Waals surface area contributed by atoms with Crippen molar-refractivity contribution in [3.63, 3.8) is 0 Å². The second-order valence-corrected chi connectivity index (χ2v) is 6.93. The topological polar surface area (TPSA) is 105 Å². The highest BCUT2D eigenvalue weighted by Gasteiger charge is 2.42. The number of methoxy groups -OCH3 is 1. The Bertz CT molecular complexity index is 903. The second kappa shape index (κ2) is 9.89. The number of carbonyl (C=O) groups excluding carboxylic acids is 3. The monoisotopic (exact) mass is 410 g/mol. The molecule has 158 valence electrons. The Morgan fingerprint density at radius 1 is 1.07 bits per heavy atom. The Kier molecular flexibility index (Phi) is 7.03. The fourth-order valence-corrected chi connectivity index (χ4v) is 3.47. The van der Waals surface area contributed by atoms with Gasteiger partial charge in [0.15, 0.2) is 6.17 Å². The van der Waals surface area contributed by atoms with Crippen molar-refractivity contribution in [1.29, 1.82) is 0 Å². The molecule has 0 radical (unpaired) electrons. The first-order chi connectivity index (χ1) is 14.5. The van der Waals surface area contributed by atoms with Crippen LogP contribution in [0.5, 0.6) is 5.75 Å². The molecular weight excluding hydrogens is 384 g/mol. The van der Waals surface area contributed by atoms with E-state index < -0.39 is 12.1 Å². The third kappa shape index (κ3) is 4.77. The summed E-state index contributed by atoms with van der Waals surface area (Å²) in [6.45, 7) is 1.07. The minimum Gasteiger partial charge on any atom is -0.497 e. The van der Waals surface area contributed by atoms with Gasteiger partial charge in [-0.15, -0.1) is 0 Å². The van der Waals surface area contributed by atoms with Crippen molar-refractivity contribution in [2.75, 3.05) is 33.3 Å². The molecule has 3 N–H and O–H groups in total. The molecule has 1 unspecified atom stereocenters. The van der Waals surface area contributed by atoms with Crippen LogP contribution >= 0.6 is 0 Å². The van der Waals surface area contributed by atoms with Crippen LogP contribution in [0.15, 0.2) is 54.6 Å². The highest BCUT2D eigenvalue weighted by atomic mass is 16.5. The molecule has 1 fully saturated rings. The van der Waals surface area contributed by atoms with Gasteiger partial charge in [-0.2, -0.15) is 0 Å². The molecule has 1 heterocycles. The van der Waals surface area contributed by atoms with E-state index in [0.29, 0.717) is 11.3 Å². The van der Waals surface area contributed by atoms with Gasteiger partial charge in [-0.05, 0) is 23.8 Å². The van der Waals surface area contributed by atoms with E-state index in [2.05, 4.69) is 5.32 Å². The number of benzene rings is 2. The zero-order valence-electron chi connectivity index (χ0n) is 16.9. The van der Waals surface area contributed by atoms with Gasteiger partial charge in [0.05, 0.1) is 13.5 Å². The highest BCUT2D eigenvalue weighted by molar-refractivity contribution is 5.99. The van der Waals surface area contributed by atoms with Gasteiger partial charge in [-0.25, -0.2) is 0 Å². The van der Waals surface area contributed by atoms with E-state index in [4.69, 9.17) is 10.5 Å². The lowest BCUT2D eigenvalue weighted by Gasteiger charge is -2.29. The quantitative estimate of drug-likeness (QED) is 0.696. The Labute approximate surface area is 175 Å². The third-order valence-corrected chi connectivity index (χ3v) is 4.95. The summed E-state index contributed by atoms with van der Waals surface area (Å²) in [5, 5.41) is 2.71. The molecule has 1 atom stereocenters. The summed E-state index contributed by atoms with van der Waals surface area (Å²) in [5.41, 5.74) is 6.74. The van der Waals surface area contributed by atoms with Gasteiger partial charge >= 0.3 is 0 Å². The summed E-state index contributed by atoms with van der Waals surface area (Å²) in [6, 6.07) is 16.0. The number of nitrogens with one attached hydrogen (secondary N) is 1. The summed E-state index contributed by atoms with van der Waals surface area (Å²) in [6.07, 6.45) is -0.866. The number of nitrogens with zero attached hydrogens (tertiary/aromatic N) is 2. The van der Waals surface area contributed by atoms with E-state index in [1.807, 2.05) is 30.3 Å². The minimum atomic E-state index is -1.02. The molecule has 1 aliphatic rings. The lowest BCUT2D eigenvalue weighted by Crippen LogP contribution is -2.54. The molecule has 0 saturated carbocycles. The first-order valence-electron chi connectivity index (χ1n) is 9.81. The summed E-state index contributed by atoms with van der Waals surface area (Å²) in [5.74, 6) is -0.427. The van der Waals surface area contributed by atoms with Crippen LogP contribution in [-0.4, -0.2) is 67.0 Å². The molecule has 3 rings (SSSR count). The van der Waals surface area contributed by atoms with Gasteiger partial charge in [0.2, 0.25) is 5.91 Å². The van der Waals surface area contributed by atoms with E-state index in [0.717, 1.165) is 5.56 Å². The smallest absolute Gasteiger partial charge is 0.263 e. The molecule has 8 heteroatoms. The third-order valence-electron chi connectivity index (χ3n) is 4.95. The van der Waals surface area contributed by atoms with E-state index >= 15 is 0 Å². The molecule has 30 heavy (non-hydrogen) atoms. The maximum Gasteiger partial charge on any atom is 0.263 e. The predicted molar refractivity (Wildman–Crippen MR) is 112 cm³/mol. The lowest BCUT2D eigenvalue weighted by atomic mass is 10.1. The predicted octanol–water partition coefficient (Wildman–Crippen LogP) is 0.623. The van der Waals surface area contributed by atoms with Crippen molar-refractivity contribution in [1.82, 2.24) is 15.1 Å². The Hall–Kier alpha value is -3.39. The average Bonchev–Trinajstić information content (AvgIpc) is 3.23. The van der Waals surface area contributed by atoms with E-state index in [9.17, 15) is 14.4 Å². The van der Waals surface area contributed by atoms with E-state index in [-0.39, 0.29) is 44.4 Å². The van der Waals surface area contributed by atoms with Gasteiger partial charge in [-0.1, -0.05) is 36.4 Å². The molecule has 0 bridgehead atoms. The molecule has 0 aromatic heterocycles. The number of amides is 3. The highest BCUT2D eigenvalue weighted by Crippen LogP contribution is 2.22. The zero-order chi connectivity index (χ0) is 21.5. The molecule has 1 saturated heterocycles. The van der Waals surface area contributed by atoms with Gasteiger partial charge in [0, 0.05) is 31.7 Å². The van der Waals surface area contributed by atoms with Gasteiger partial charge in [0.25, 0.3) is 11.8 Å². The zero-order valence-corrected chi connectivity index (χ0v) is 16.9. The fraction of sp³-hybridized carbons (Fsp3) is 0.318. The molecule has 3 amide bonds. The number of rotatable bonds is 7. The lowest BCUT2D eigenvalue weighted by molar-refractivity contribution is -0.140. The normalized spacial score (nSPS) is 15.7. The number of carbonyl (C=O) groups is 3. The van der Waals surface area contributed by atoms with E-state index in [1.54, 1.807) is 24.3 Å². The van der Waals surface area contributed by atoms with Crippen molar-refractivity contribution < 1.29 is 19.1 Å². The molecule has 0 spiro atoms. The van der Waals surface area contributed by atoms with Crippen molar-refractivity contribution >= 4 is 17.7 Å².